The first-order chi connectivity index (χ1) is 34.4. The van der Waals surface area contributed by atoms with Gasteiger partial charge in [0.15, 0.2) is 22.9 Å². The van der Waals surface area contributed by atoms with Gasteiger partial charge in [0.05, 0.1) is 22.7 Å². The number of halogens is 1. The second-order valence-corrected chi connectivity index (χ2v) is 15.3. The Morgan fingerprint density at radius 1 is 0.507 bits per heavy atom. The molecule has 10 rings (SSSR count). The number of amides is 1. The molecule has 10 aromatic rings. The Kier molecular flexibility index (Phi) is 14.2. The summed E-state index contributed by atoms with van der Waals surface area (Å²) >= 11 is 4.71. The van der Waals surface area contributed by atoms with Crippen molar-refractivity contribution >= 4 is 68.1 Å². The standard InChI is InChI=1S/C26H20N6O3.C23H18N6O2.C3H3ClO/c1-2-22(33)30-17-7-6-8-19(15-17)32-25-23(24(27)28-16-29-25)31(26(32)34)18-11-13-21(14-12-18)35-20-9-4-3-5-10-20;24-15-5-4-6-17(13-15)29-22-20(21(25)26-14-27-22)28(23(29)30)16-9-11-19(12-10-16)31-18-7-2-1-3-8-18;1-2-3(4)5/h2-16H,1H2,(H,30,33)(H2,27,28,29);1-14H,24H2,(H2,25,26,27);2H,1H2. The Morgan fingerprint density at radius 3 is 1.35 bits per heavy atom. The molecule has 71 heavy (non-hydrogen) atoms. The highest BCUT2D eigenvalue weighted by molar-refractivity contribution is 6.66. The van der Waals surface area contributed by atoms with Gasteiger partial charge in [0.2, 0.25) is 11.1 Å². The summed E-state index contributed by atoms with van der Waals surface area (Å²) in [6, 6.07) is 46.9. The molecule has 0 fully saturated rings. The van der Waals surface area contributed by atoms with E-state index in [1.54, 1.807) is 97.1 Å². The zero-order chi connectivity index (χ0) is 50.0. The van der Waals surface area contributed by atoms with Crippen molar-refractivity contribution in [1.82, 2.24) is 38.2 Å². The van der Waals surface area contributed by atoms with Gasteiger partial charge in [-0.15, -0.1) is 0 Å². The van der Waals surface area contributed by atoms with Crippen LogP contribution in [0.1, 0.15) is 0 Å². The van der Waals surface area contributed by atoms with Crippen LogP contribution in [0.4, 0.5) is 23.0 Å². The molecule has 19 heteroatoms. The third-order valence-corrected chi connectivity index (χ3v) is 10.4. The van der Waals surface area contributed by atoms with Gasteiger partial charge in [-0.05, 0) is 133 Å². The molecule has 1 amide bonds. The number of rotatable bonds is 11. The second-order valence-electron chi connectivity index (χ2n) is 14.9. The molecule has 0 saturated carbocycles. The predicted molar refractivity (Wildman–Crippen MR) is 275 cm³/mol. The van der Waals surface area contributed by atoms with Gasteiger partial charge in [-0.3, -0.25) is 18.7 Å². The summed E-state index contributed by atoms with van der Waals surface area (Å²) in [6.07, 6.45) is 4.85. The molecular formula is C52H41ClN12O6. The van der Waals surface area contributed by atoms with Crippen LogP contribution >= 0.6 is 11.6 Å². The van der Waals surface area contributed by atoms with Gasteiger partial charge in [-0.25, -0.2) is 38.7 Å². The van der Waals surface area contributed by atoms with Gasteiger partial charge in [0.25, 0.3) is 0 Å². The molecule has 0 atom stereocenters. The van der Waals surface area contributed by atoms with Crippen molar-refractivity contribution in [2.75, 3.05) is 22.5 Å². The Hall–Kier alpha value is -10.1. The highest BCUT2D eigenvalue weighted by Gasteiger charge is 2.22. The summed E-state index contributed by atoms with van der Waals surface area (Å²) in [4.78, 5) is 65.1. The van der Waals surface area contributed by atoms with E-state index in [9.17, 15) is 19.2 Å². The lowest BCUT2D eigenvalue weighted by Gasteiger charge is -2.08. The lowest BCUT2D eigenvalue weighted by Crippen LogP contribution is -2.22. The number of fused-ring (bicyclic) bond motifs is 2. The zero-order valence-electron chi connectivity index (χ0n) is 37.4. The number of carbonyl (C=O) groups excluding carboxylic acids is 2. The van der Waals surface area contributed by atoms with E-state index in [0.717, 1.165) is 11.8 Å². The summed E-state index contributed by atoms with van der Waals surface area (Å²) < 4.78 is 17.5. The summed E-state index contributed by atoms with van der Waals surface area (Å²) in [5.41, 5.74) is 22.4. The fourth-order valence-corrected chi connectivity index (χ4v) is 7.19. The number of hydrogen-bond acceptors (Lipinski definition) is 13. The van der Waals surface area contributed by atoms with E-state index in [-0.39, 0.29) is 23.2 Å². The van der Waals surface area contributed by atoms with Crippen LogP contribution in [0.3, 0.4) is 0 Å². The lowest BCUT2D eigenvalue weighted by atomic mass is 10.2. The van der Waals surface area contributed by atoms with E-state index in [2.05, 4.69) is 38.4 Å². The summed E-state index contributed by atoms with van der Waals surface area (Å²) in [5.74, 6) is 2.69. The molecule has 4 heterocycles. The molecular weight excluding hydrogens is 924 g/mol. The van der Waals surface area contributed by atoms with Gasteiger partial charge in [0.1, 0.15) is 46.7 Å². The molecule has 0 aliphatic heterocycles. The zero-order valence-corrected chi connectivity index (χ0v) is 38.1. The number of carbonyl (C=O) groups is 2. The van der Waals surface area contributed by atoms with Crippen molar-refractivity contribution in [3.05, 3.63) is 217 Å². The summed E-state index contributed by atoms with van der Waals surface area (Å²) in [5, 5.41) is 2.19. The average molecular weight is 965 g/mol. The number of imidazole rings is 2. The summed E-state index contributed by atoms with van der Waals surface area (Å²) in [7, 11) is 0. The Labute approximate surface area is 408 Å². The fourth-order valence-electron chi connectivity index (χ4n) is 7.19. The largest absolute Gasteiger partial charge is 0.457 e. The Balaban J connectivity index is 0.000000175. The first kappa shape index (κ1) is 47.4. The highest BCUT2D eigenvalue weighted by Crippen LogP contribution is 2.29. The maximum absolute atomic E-state index is 13.7. The number of nitrogens with two attached hydrogens (primary N) is 3. The maximum atomic E-state index is 13.7. The molecule has 18 nitrogen and oxygen atoms in total. The van der Waals surface area contributed by atoms with E-state index in [4.69, 9.17) is 38.3 Å². The van der Waals surface area contributed by atoms with Gasteiger partial charge in [0, 0.05) is 11.4 Å². The van der Waals surface area contributed by atoms with Crippen LogP contribution < -0.4 is 43.4 Å². The van der Waals surface area contributed by atoms with E-state index in [0.29, 0.717) is 73.7 Å². The topological polar surface area (TPSA) is 248 Å². The number of para-hydroxylation sites is 2. The normalized spacial score (nSPS) is 10.5. The minimum absolute atomic E-state index is 0.159. The minimum Gasteiger partial charge on any atom is -0.457 e. The molecule has 0 spiro atoms. The summed E-state index contributed by atoms with van der Waals surface area (Å²) in [6.45, 7) is 6.54. The Morgan fingerprint density at radius 2 is 0.930 bits per heavy atom. The predicted octanol–water partition coefficient (Wildman–Crippen LogP) is 8.54. The number of nitrogens with one attached hydrogen (secondary N) is 1. The number of nitrogen functional groups attached to an aromatic ring is 3. The van der Waals surface area contributed by atoms with Crippen molar-refractivity contribution in [2.45, 2.75) is 0 Å². The number of nitrogens with zero attached hydrogens (tertiary/aromatic N) is 8. The molecule has 7 N–H and O–H groups in total. The average Bonchev–Trinajstić information content (AvgIpc) is 3.86. The van der Waals surface area contributed by atoms with E-state index >= 15 is 0 Å². The number of allylic oxidation sites excluding steroid dienone is 1. The SMILES string of the molecule is C=CC(=O)Cl.C=CC(=O)Nc1cccc(-n2c(=O)n(-c3ccc(Oc4ccccc4)cc3)c3c(N)ncnc32)c1.Nc1cccc(-n2c(=O)n(-c3ccc(Oc4ccccc4)cc3)c3c(N)ncnc32)c1. The van der Waals surface area contributed by atoms with Crippen molar-refractivity contribution in [3.63, 3.8) is 0 Å². The number of benzene rings is 6. The molecule has 0 aliphatic carbocycles. The van der Waals surface area contributed by atoms with Gasteiger partial charge < -0.3 is 32.0 Å². The molecule has 352 valence electrons. The van der Waals surface area contributed by atoms with Crippen LogP contribution in [-0.2, 0) is 9.59 Å². The van der Waals surface area contributed by atoms with Gasteiger partial charge in [-0.2, -0.15) is 0 Å². The third-order valence-electron chi connectivity index (χ3n) is 10.3. The van der Waals surface area contributed by atoms with Crippen LogP contribution in [-0.4, -0.2) is 49.4 Å². The van der Waals surface area contributed by atoms with E-state index in [1.165, 1.54) is 37.0 Å². The highest BCUT2D eigenvalue weighted by atomic mass is 35.5. The fraction of sp³-hybridized carbons (Fsp3) is 0. The van der Waals surface area contributed by atoms with Crippen LogP contribution in [0.15, 0.2) is 205 Å². The molecule has 0 aliphatic rings. The van der Waals surface area contributed by atoms with Crippen molar-refractivity contribution in [1.29, 1.82) is 0 Å². The number of ether oxygens (including phenoxy) is 2. The molecule has 0 saturated heterocycles. The first-order valence-electron chi connectivity index (χ1n) is 21.3. The van der Waals surface area contributed by atoms with Gasteiger partial charge in [-0.1, -0.05) is 61.7 Å². The third kappa shape index (κ3) is 10.6. The van der Waals surface area contributed by atoms with E-state index in [1.807, 2.05) is 60.7 Å². The number of aromatic nitrogens is 8. The maximum Gasteiger partial charge on any atom is 0.339 e. The molecule has 0 bridgehead atoms. The molecule has 0 unspecified atom stereocenters. The van der Waals surface area contributed by atoms with Crippen LogP contribution in [0.25, 0.3) is 45.1 Å². The second kappa shape index (κ2) is 21.3. The minimum atomic E-state index is -0.509. The smallest absolute Gasteiger partial charge is 0.339 e. The quantitative estimate of drug-likeness (QED) is 0.0540. The van der Waals surface area contributed by atoms with Crippen LogP contribution in [0, 0.1) is 0 Å². The molecule has 6 aromatic carbocycles. The van der Waals surface area contributed by atoms with Crippen LogP contribution in [0.2, 0.25) is 0 Å². The number of hydrogen-bond donors (Lipinski definition) is 4. The Bertz CT molecular complexity index is 3690. The van der Waals surface area contributed by atoms with Crippen molar-refractivity contribution < 1.29 is 19.1 Å². The first-order valence-corrected chi connectivity index (χ1v) is 21.7. The monoisotopic (exact) mass is 964 g/mol. The van der Waals surface area contributed by atoms with E-state index < -0.39 is 10.9 Å². The van der Waals surface area contributed by atoms with Crippen molar-refractivity contribution in [2.24, 2.45) is 0 Å². The molecule has 0 radical (unpaired) electrons. The van der Waals surface area contributed by atoms with Crippen molar-refractivity contribution in [3.8, 4) is 45.7 Å². The molecule has 4 aromatic heterocycles. The van der Waals surface area contributed by atoms with Gasteiger partial charge >= 0.3 is 11.4 Å². The number of anilines is 4. The van der Waals surface area contributed by atoms with Crippen LogP contribution in [0.5, 0.6) is 23.0 Å². The lowest BCUT2D eigenvalue weighted by molar-refractivity contribution is -0.112.